The Morgan fingerprint density at radius 3 is 2.85 bits per heavy atom. The summed E-state index contributed by atoms with van der Waals surface area (Å²) in [6.07, 6.45) is 2.05. The minimum Gasteiger partial charge on any atom is -0.294 e. The maximum atomic E-state index is 4.40. The van der Waals surface area contributed by atoms with Crippen molar-refractivity contribution in [3.63, 3.8) is 0 Å². The third-order valence-electron chi connectivity index (χ3n) is 1.63. The number of fused-ring (bicyclic) bond motifs is 1. The van der Waals surface area contributed by atoms with E-state index in [1.54, 1.807) is 0 Å². The quantitative estimate of drug-likeness (QED) is 0.395. The molecule has 70 valence electrons. The minimum absolute atomic E-state index is 0. The van der Waals surface area contributed by atoms with Crippen molar-refractivity contribution >= 4 is 61.1 Å². The molecule has 2 nitrogen and oxygen atoms in total. The van der Waals surface area contributed by atoms with Crippen molar-refractivity contribution in [1.29, 1.82) is 0 Å². The van der Waals surface area contributed by atoms with Crippen LogP contribution < -0.4 is 0 Å². The van der Waals surface area contributed by atoms with Gasteiger partial charge in [0, 0.05) is 11.5 Å². The molecule has 2 heterocycles. The van der Waals surface area contributed by atoms with Crippen LogP contribution in [0.1, 0.15) is 5.69 Å². The van der Waals surface area contributed by atoms with Gasteiger partial charge < -0.3 is 0 Å². The number of hydrogen-bond donors (Lipinski definition) is 0. The van der Waals surface area contributed by atoms with E-state index in [2.05, 4.69) is 54.0 Å². The van der Waals surface area contributed by atoms with Crippen LogP contribution in [-0.2, 0) is 5.33 Å². The lowest BCUT2D eigenvalue weighted by Gasteiger charge is -1.93. The fourth-order valence-electron chi connectivity index (χ4n) is 1.09. The summed E-state index contributed by atoms with van der Waals surface area (Å²) in [7, 11) is 0. The number of hydrogen-bond acceptors (Lipinski definition) is 1. The number of rotatable bonds is 1. The van der Waals surface area contributed by atoms with E-state index in [-0.39, 0.29) is 17.0 Å². The fraction of sp³-hybridized carbons (Fsp3) is 0.125. The molecule has 0 aliphatic heterocycles. The SMILES string of the molecule is Br.BrCc1cn2c(I)cccc2n1. The highest BCUT2D eigenvalue weighted by atomic mass is 127. The number of imidazole rings is 1. The predicted octanol–water partition coefficient (Wildman–Crippen LogP) is 3.41. The second kappa shape index (κ2) is 4.75. The van der Waals surface area contributed by atoms with E-state index in [1.807, 2.05) is 18.3 Å². The molecule has 0 atom stereocenters. The number of alkyl halides is 1. The molecule has 0 N–H and O–H groups in total. The topological polar surface area (TPSA) is 17.3 Å². The normalized spacial score (nSPS) is 10.0. The summed E-state index contributed by atoms with van der Waals surface area (Å²) in [4.78, 5) is 4.40. The molecule has 2 aromatic heterocycles. The Bertz CT molecular complexity index is 413. The molecule has 5 heteroatoms. The Morgan fingerprint density at radius 2 is 2.23 bits per heavy atom. The lowest BCUT2D eigenvalue weighted by molar-refractivity contribution is 1.14. The van der Waals surface area contributed by atoms with Gasteiger partial charge >= 0.3 is 0 Å². The Morgan fingerprint density at radius 1 is 1.46 bits per heavy atom. The smallest absolute Gasteiger partial charge is 0.137 e. The van der Waals surface area contributed by atoms with Gasteiger partial charge in [0.1, 0.15) is 5.65 Å². The van der Waals surface area contributed by atoms with Crippen molar-refractivity contribution in [3.8, 4) is 0 Å². The van der Waals surface area contributed by atoms with E-state index in [0.717, 1.165) is 16.7 Å². The predicted molar refractivity (Wildman–Crippen MR) is 70.9 cm³/mol. The Hall–Kier alpha value is 0.380. The van der Waals surface area contributed by atoms with Gasteiger partial charge in [0.25, 0.3) is 0 Å². The maximum Gasteiger partial charge on any atom is 0.137 e. The van der Waals surface area contributed by atoms with Crippen LogP contribution in [0.15, 0.2) is 24.4 Å². The monoisotopic (exact) mass is 416 g/mol. The summed E-state index contributed by atoms with van der Waals surface area (Å²) < 4.78 is 3.27. The molecule has 0 aromatic carbocycles. The van der Waals surface area contributed by atoms with Gasteiger partial charge in [-0.2, -0.15) is 0 Å². The van der Waals surface area contributed by atoms with Crippen LogP contribution in [0.3, 0.4) is 0 Å². The van der Waals surface area contributed by atoms with E-state index < -0.39 is 0 Å². The number of pyridine rings is 1. The molecular weight excluding hydrogens is 411 g/mol. The first-order valence-electron chi connectivity index (χ1n) is 3.50. The first-order valence-corrected chi connectivity index (χ1v) is 5.70. The summed E-state index contributed by atoms with van der Waals surface area (Å²) in [5.74, 6) is 0. The molecular formula is C8H7Br2IN2. The zero-order chi connectivity index (χ0) is 8.55. The van der Waals surface area contributed by atoms with Gasteiger partial charge in [0.15, 0.2) is 0 Å². The first kappa shape index (κ1) is 11.5. The largest absolute Gasteiger partial charge is 0.294 e. The Balaban J connectivity index is 0.000000845. The fourth-order valence-corrected chi connectivity index (χ4v) is 1.96. The number of aromatic nitrogens is 2. The molecule has 0 unspecified atom stereocenters. The molecule has 0 radical (unpaired) electrons. The van der Waals surface area contributed by atoms with E-state index >= 15 is 0 Å². The zero-order valence-electron chi connectivity index (χ0n) is 6.58. The van der Waals surface area contributed by atoms with E-state index in [9.17, 15) is 0 Å². The van der Waals surface area contributed by atoms with Crippen molar-refractivity contribution < 1.29 is 0 Å². The van der Waals surface area contributed by atoms with Crippen molar-refractivity contribution in [2.24, 2.45) is 0 Å². The molecule has 13 heavy (non-hydrogen) atoms. The highest BCUT2D eigenvalue weighted by molar-refractivity contribution is 14.1. The second-order valence-corrected chi connectivity index (χ2v) is 4.11. The van der Waals surface area contributed by atoms with Crippen LogP contribution in [-0.4, -0.2) is 9.38 Å². The lowest BCUT2D eigenvalue weighted by Crippen LogP contribution is -1.86. The van der Waals surface area contributed by atoms with Gasteiger partial charge in [0.05, 0.1) is 9.39 Å². The van der Waals surface area contributed by atoms with Crippen molar-refractivity contribution in [3.05, 3.63) is 33.8 Å². The minimum atomic E-state index is 0. The van der Waals surface area contributed by atoms with Gasteiger partial charge in [-0.3, -0.25) is 4.40 Å². The summed E-state index contributed by atoms with van der Waals surface area (Å²) in [6.45, 7) is 0. The molecule has 0 fully saturated rings. The molecule has 0 bridgehead atoms. The molecule has 0 saturated heterocycles. The molecule has 0 spiro atoms. The van der Waals surface area contributed by atoms with Gasteiger partial charge in [-0.05, 0) is 34.7 Å². The zero-order valence-corrected chi connectivity index (χ0v) is 12.0. The molecule has 2 rings (SSSR count). The third kappa shape index (κ3) is 2.24. The van der Waals surface area contributed by atoms with E-state index in [0.29, 0.717) is 0 Å². The van der Waals surface area contributed by atoms with Crippen LogP contribution in [0.5, 0.6) is 0 Å². The van der Waals surface area contributed by atoms with Crippen LogP contribution >= 0.6 is 55.5 Å². The molecule has 0 saturated carbocycles. The average molecular weight is 418 g/mol. The number of halogens is 3. The maximum absolute atomic E-state index is 4.40. The molecule has 2 aromatic rings. The summed E-state index contributed by atoms with van der Waals surface area (Å²) in [5, 5.41) is 0.810. The standard InChI is InChI=1S/C8H6BrIN2.BrH/c9-4-6-5-12-7(10)2-1-3-8(12)11-6;/h1-3,5H,4H2;1H. The average Bonchev–Trinajstić information content (AvgIpc) is 2.49. The van der Waals surface area contributed by atoms with Crippen molar-refractivity contribution in [1.82, 2.24) is 9.38 Å². The second-order valence-electron chi connectivity index (χ2n) is 2.44. The molecule has 0 aliphatic carbocycles. The van der Waals surface area contributed by atoms with Crippen LogP contribution in [0.4, 0.5) is 0 Å². The summed E-state index contributed by atoms with van der Waals surface area (Å²) in [5.41, 5.74) is 2.08. The number of nitrogens with zero attached hydrogens (tertiary/aromatic N) is 2. The van der Waals surface area contributed by atoms with Crippen LogP contribution in [0.25, 0.3) is 5.65 Å². The van der Waals surface area contributed by atoms with Gasteiger partial charge in [-0.1, -0.05) is 22.0 Å². The Labute approximate surface area is 109 Å². The summed E-state index contributed by atoms with van der Waals surface area (Å²) >= 11 is 5.68. The highest BCUT2D eigenvalue weighted by Gasteiger charge is 2.00. The van der Waals surface area contributed by atoms with E-state index in [4.69, 9.17) is 0 Å². The third-order valence-corrected chi connectivity index (χ3v) is 3.08. The molecule has 0 aliphatic rings. The van der Waals surface area contributed by atoms with Crippen molar-refractivity contribution in [2.45, 2.75) is 5.33 Å². The van der Waals surface area contributed by atoms with Gasteiger partial charge in [-0.15, -0.1) is 17.0 Å². The van der Waals surface area contributed by atoms with Gasteiger partial charge in [0.2, 0.25) is 0 Å². The Kier molecular flexibility index (Phi) is 4.18. The van der Waals surface area contributed by atoms with Crippen LogP contribution in [0, 0.1) is 3.70 Å². The van der Waals surface area contributed by atoms with Crippen molar-refractivity contribution in [2.75, 3.05) is 0 Å². The van der Waals surface area contributed by atoms with Gasteiger partial charge in [-0.25, -0.2) is 4.98 Å². The highest BCUT2D eigenvalue weighted by Crippen LogP contribution is 2.12. The van der Waals surface area contributed by atoms with E-state index in [1.165, 1.54) is 3.70 Å². The lowest BCUT2D eigenvalue weighted by atomic mass is 10.5. The first-order chi connectivity index (χ1) is 5.81. The summed E-state index contributed by atoms with van der Waals surface area (Å²) in [6, 6.07) is 6.09. The molecule has 0 amide bonds. The van der Waals surface area contributed by atoms with Crippen LogP contribution in [0.2, 0.25) is 0 Å².